The molecule has 0 amide bonds. The van der Waals surface area contributed by atoms with E-state index in [0.29, 0.717) is 6.61 Å². The van der Waals surface area contributed by atoms with Crippen molar-refractivity contribution in [3.05, 3.63) is 0 Å². The summed E-state index contributed by atoms with van der Waals surface area (Å²) in [5, 5.41) is 8.70. The van der Waals surface area contributed by atoms with Crippen LogP contribution >= 0.6 is 0 Å². The van der Waals surface area contributed by atoms with Crippen molar-refractivity contribution in [1.29, 1.82) is 0 Å². The van der Waals surface area contributed by atoms with Crippen molar-refractivity contribution >= 4 is 0 Å². The normalized spacial score (nSPS) is 13.7. The zero-order valence-corrected chi connectivity index (χ0v) is 12.6. The SMILES string of the molecule is CCCCCCCCCCCCOCC(O)C(F)(F)F. The predicted molar refractivity (Wildman–Crippen MR) is 74.7 cm³/mol. The van der Waals surface area contributed by atoms with Crippen molar-refractivity contribution in [2.24, 2.45) is 0 Å². The molecule has 0 aromatic carbocycles. The van der Waals surface area contributed by atoms with Crippen molar-refractivity contribution in [3.8, 4) is 0 Å². The standard InChI is InChI=1S/C15H29F3O2/c1-2-3-4-5-6-7-8-9-10-11-12-20-13-14(19)15(16,17)18/h14,19H,2-13H2,1H3. The second-order valence-corrected chi connectivity index (χ2v) is 5.31. The fourth-order valence-corrected chi connectivity index (χ4v) is 1.98. The predicted octanol–water partition coefficient (Wildman–Crippen LogP) is 4.85. The number of hydrogen-bond donors (Lipinski definition) is 1. The van der Waals surface area contributed by atoms with Gasteiger partial charge in [-0.1, -0.05) is 64.7 Å². The minimum atomic E-state index is -4.57. The Bertz CT molecular complexity index is 208. The van der Waals surface area contributed by atoms with Gasteiger partial charge in [-0.25, -0.2) is 0 Å². The lowest BCUT2D eigenvalue weighted by atomic mass is 10.1. The molecule has 0 aliphatic carbocycles. The van der Waals surface area contributed by atoms with Crippen LogP contribution < -0.4 is 0 Å². The fraction of sp³-hybridized carbons (Fsp3) is 1.00. The van der Waals surface area contributed by atoms with Crippen LogP contribution in [0.15, 0.2) is 0 Å². The molecule has 0 saturated heterocycles. The first-order valence-electron chi connectivity index (χ1n) is 7.81. The number of aliphatic hydroxyl groups is 1. The number of hydrogen-bond acceptors (Lipinski definition) is 2. The molecular weight excluding hydrogens is 269 g/mol. The maximum atomic E-state index is 11.9. The Morgan fingerprint density at radius 3 is 1.75 bits per heavy atom. The van der Waals surface area contributed by atoms with Gasteiger partial charge >= 0.3 is 6.18 Å². The highest BCUT2D eigenvalue weighted by atomic mass is 19.4. The Labute approximate surface area is 120 Å². The van der Waals surface area contributed by atoms with Gasteiger partial charge in [-0.05, 0) is 6.42 Å². The Morgan fingerprint density at radius 2 is 1.30 bits per heavy atom. The molecule has 1 unspecified atom stereocenters. The van der Waals surface area contributed by atoms with Crippen LogP contribution in [0.2, 0.25) is 0 Å². The van der Waals surface area contributed by atoms with Gasteiger partial charge in [0.1, 0.15) is 0 Å². The Hall–Kier alpha value is -0.290. The molecule has 0 bridgehead atoms. The molecule has 0 spiro atoms. The largest absolute Gasteiger partial charge is 0.416 e. The van der Waals surface area contributed by atoms with E-state index in [1.807, 2.05) is 0 Å². The van der Waals surface area contributed by atoms with E-state index < -0.39 is 18.9 Å². The third kappa shape index (κ3) is 12.7. The first-order chi connectivity index (χ1) is 9.48. The quantitative estimate of drug-likeness (QED) is 0.493. The maximum absolute atomic E-state index is 11.9. The highest BCUT2D eigenvalue weighted by molar-refractivity contribution is 4.63. The number of unbranched alkanes of at least 4 members (excludes halogenated alkanes) is 9. The van der Waals surface area contributed by atoms with E-state index in [2.05, 4.69) is 6.92 Å². The van der Waals surface area contributed by atoms with E-state index in [9.17, 15) is 13.2 Å². The van der Waals surface area contributed by atoms with Gasteiger partial charge in [0.05, 0.1) is 6.61 Å². The minimum absolute atomic E-state index is 0.295. The summed E-state index contributed by atoms with van der Waals surface area (Å²) in [5.41, 5.74) is 0. The fourth-order valence-electron chi connectivity index (χ4n) is 1.98. The monoisotopic (exact) mass is 298 g/mol. The second kappa shape index (κ2) is 12.5. The van der Waals surface area contributed by atoms with E-state index in [0.717, 1.165) is 19.3 Å². The number of aliphatic hydroxyl groups excluding tert-OH is 1. The van der Waals surface area contributed by atoms with Crippen LogP contribution in [0, 0.1) is 0 Å². The van der Waals surface area contributed by atoms with Gasteiger partial charge in [0.15, 0.2) is 6.10 Å². The van der Waals surface area contributed by atoms with Gasteiger partial charge in [-0.15, -0.1) is 0 Å². The van der Waals surface area contributed by atoms with E-state index in [-0.39, 0.29) is 0 Å². The van der Waals surface area contributed by atoms with E-state index in [4.69, 9.17) is 9.84 Å². The van der Waals surface area contributed by atoms with Crippen LogP contribution in [-0.4, -0.2) is 30.6 Å². The average molecular weight is 298 g/mol. The van der Waals surface area contributed by atoms with E-state index >= 15 is 0 Å². The molecule has 0 aromatic heterocycles. The first kappa shape index (κ1) is 19.7. The molecule has 0 rings (SSSR count). The third-order valence-corrected chi connectivity index (χ3v) is 3.30. The zero-order valence-electron chi connectivity index (χ0n) is 12.6. The lowest BCUT2D eigenvalue weighted by Crippen LogP contribution is -2.33. The summed E-state index contributed by atoms with van der Waals surface area (Å²) < 4.78 is 40.7. The Morgan fingerprint density at radius 1 is 0.850 bits per heavy atom. The Kier molecular flexibility index (Phi) is 12.3. The lowest BCUT2D eigenvalue weighted by molar-refractivity contribution is -0.217. The van der Waals surface area contributed by atoms with Crippen molar-refractivity contribution < 1.29 is 23.0 Å². The highest BCUT2D eigenvalue weighted by Crippen LogP contribution is 2.20. The molecule has 0 aliphatic heterocycles. The van der Waals surface area contributed by atoms with Crippen LogP contribution in [0.4, 0.5) is 13.2 Å². The molecule has 122 valence electrons. The molecule has 0 radical (unpaired) electrons. The zero-order chi connectivity index (χ0) is 15.3. The summed E-state index contributed by atoms with van der Waals surface area (Å²) in [4.78, 5) is 0. The number of alkyl halides is 3. The molecule has 1 atom stereocenters. The van der Waals surface area contributed by atoms with Gasteiger partial charge in [0, 0.05) is 6.61 Å². The van der Waals surface area contributed by atoms with Gasteiger partial charge < -0.3 is 9.84 Å². The van der Waals surface area contributed by atoms with Crippen LogP contribution in [0.3, 0.4) is 0 Å². The van der Waals surface area contributed by atoms with Crippen molar-refractivity contribution in [2.45, 2.75) is 83.4 Å². The summed E-state index contributed by atoms with van der Waals surface area (Å²) in [6.07, 6.45) is 4.88. The molecule has 0 aliphatic rings. The second-order valence-electron chi connectivity index (χ2n) is 5.31. The molecule has 0 fully saturated rings. The van der Waals surface area contributed by atoms with Gasteiger partial charge in [-0.2, -0.15) is 13.2 Å². The summed E-state index contributed by atoms with van der Waals surface area (Å²) in [6.45, 7) is 1.85. The van der Waals surface area contributed by atoms with Crippen LogP contribution in [0.5, 0.6) is 0 Å². The molecule has 0 aromatic rings. The van der Waals surface area contributed by atoms with Crippen LogP contribution in [0.25, 0.3) is 0 Å². The third-order valence-electron chi connectivity index (χ3n) is 3.30. The van der Waals surface area contributed by atoms with Gasteiger partial charge in [-0.3, -0.25) is 0 Å². The van der Waals surface area contributed by atoms with E-state index in [1.54, 1.807) is 0 Å². The number of ether oxygens (including phenoxy) is 1. The summed E-state index contributed by atoms with van der Waals surface area (Å²) in [5.74, 6) is 0. The molecule has 2 nitrogen and oxygen atoms in total. The summed E-state index contributed by atoms with van der Waals surface area (Å²) >= 11 is 0. The van der Waals surface area contributed by atoms with Crippen molar-refractivity contribution in [2.75, 3.05) is 13.2 Å². The Balaban J connectivity index is 3.14. The van der Waals surface area contributed by atoms with Crippen LogP contribution in [-0.2, 0) is 4.74 Å². The summed E-state index contributed by atoms with van der Waals surface area (Å²) in [6, 6.07) is 0. The smallest absolute Gasteiger partial charge is 0.382 e. The topological polar surface area (TPSA) is 29.5 Å². The maximum Gasteiger partial charge on any atom is 0.416 e. The molecule has 1 N–H and O–H groups in total. The summed E-state index contributed by atoms with van der Waals surface area (Å²) in [7, 11) is 0. The van der Waals surface area contributed by atoms with Crippen molar-refractivity contribution in [1.82, 2.24) is 0 Å². The van der Waals surface area contributed by atoms with Crippen molar-refractivity contribution in [3.63, 3.8) is 0 Å². The highest BCUT2D eigenvalue weighted by Gasteiger charge is 2.38. The molecule has 5 heteroatoms. The molecular formula is C15H29F3O2. The minimum Gasteiger partial charge on any atom is -0.382 e. The molecule has 0 saturated carbocycles. The number of halogens is 3. The number of rotatable bonds is 13. The lowest BCUT2D eigenvalue weighted by Gasteiger charge is -2.14. The van der Waals surface area contributed by atoms with Gasteiger partial charge in [0.2, 0.25) is 0 Å². The average Bonchev–Trinajstić information content (AvgIpc) is 2.38. The van der Waals surface area contributed by atoms with Gasteiger partial charge in [0.25, 0.3) is 0 Å². The molecule has 0 heterocycles. The molecule has 20 heavy (non-hydrogen) atoms. The van der Waals surface area contributed by atoms with Crippen LogP contribution in [0.1, 0.15) is 71.1 Å². The van der Waals surface area contributed by atoms with E-state index in [1.165, 1.54) is 44.9 Å². The first-order valence-corrected chi connectivity index (χ1v) is 7.81.